The molecular weight excluding hydrogens is 374 g/mol. The van der Waals surface area contributed by atoms with Gasteiger partial charge in [0.25, 0.3) is 5.56 Å². The fourth-order valence-corrected chi connectivity index (χ4v) is 4.75. The number of thiophene rings is 1. The lowest BCUT2D eigenvalue weighted by molar-refractivity contribution is 0.421. The highest BCUT2D eigenvalue weighted by Gasteiger charge is 2.22. The number of hydrogen-bond acceptors (Lipinski definition) is 6. The van der Waals surface area contributed by atoms with Gasteiger partial charge in [-0.1, -0.05) is 25.1 Å². The van der Waals surface area contributed by atoms with Gasteiger partial charge in [-0.2, -0.15) is 4.31 Å². The van der Waals surface area contributed by atoms with Gasteiger partial charge < -0.3 is 9.09 Å². The first-order valence-corrected chi connectivity index (χ1v) is 10.5. The van der Waals surface area contributed by atoms with Gasteiger partial charge in [0.15, 0.2) is 5.76 Å². The van der Waals surface area contributed by atoms with Gasteiger partial charge in [0.05, 0.1) is 16.3 Å². The zero-order valence-electron chi connectivity index (χ0n) is 14.5. The van der Waals surface area contributed by atoms with Crippen molar-refractivity contribution in [2.45, 2.75) is 25.3 Å². The zero-order valence-corrected chi connectivity index (χ0v) is 16.1. The van der Waals surface area contributed by atoms with Crippen molar-refractivity contribution in [3.05, 3.63) is 58.0 Å². The molecule has 0 amide bonds. The first kappa shape index (κ1) is 18.6. The van der Waals surface area contributed by atoms with Crippen LogP contribution in [0.15, 0.2) is 56.1 Å². The molecule has 0 unspecified atom stereocenters. The Labute approximate surface area is 155 Å². The molecule has 3 aromatic rings. The van der Waals surface area contributed by atoms with Crippen LogP contribution >= 0.6 is 11.3 Å². The monoisotopic (exact) mass is 393 g/mol. The molecule has 0 atom stereocenters. The summed E-state index contributed by atoms with van der Waals surface area (Å²) in [6.45, 7) is 4.42. The van der Waals surface area contributed by atoms with Crippen LogP contribution in [0.5, 0.6) is 0 Å². The second-order valence-corrected chi connectivity index (χ2v) is 8.47. The molecular formula is C17H19N3O4S2. The van der Waals surface area contributed by atoms with Crippen LogP contribution < -0.4 is 5.56 Å². The van der Waals surface area contributed by atoms with Crippen molar-refractivity contribution in [3.8, 4) is 10.6 Å². The standard InChI is InChI=1S/C17H19N3O4S2/c1-3-20(4-2)26(22,23)14-7-8-17(21)19(12-14)11-13-10-15(24-18-13)16-6-5-9-25-16/h5-10,12H,3-4,11H2,1-2H3. The van der Waals surface area contributed by atoms with Crippen LogP contribution in [0, 0.1) is 0 Å². The molecule has 3 aromatic heterocycles. The van der Waals surface area contributed by atoms with Gasteiger partial charge in [-0.15, -0.1) is 11.3 Å². The summed E-state index contributed by atoms with van der Waals surface area (Å²) in [5, 5.41) is 5.91. The number of pyridine rings is 1. The topological polar surface area (TPSA) is 85.4 Å². The Bertz CT molecular complexity index is 1030. The maximum absolute atomic E-state index is 12.6. The van der Waals surface area contributed by atoms with Crippen molar-refractivity contribution in [3.63, 3.8) is 0 Å². The summed E-state index contributed by atoms with van der Waals surface area (Å²) in [6, 6.07) is 8.18. The van der Waals surface area contributed by atoms with E-state index in [1.165, 1.54) is 38.5 Å². The van der Waals surface area contributed by atoms with Gasteiger partial charge in [-0.3, -0.25) is 4.79 Å². The van der Waals surface area contributed by atoms with Crippen LogP contribution in [-0.2, 0) is 16.6 Å². The van der Waals surface area contributed by atoms with E-state index in [2.05, 4.69) is 5.16 Å². The number of hydrogen-bond donors (Lipinski definition) is 0. The SMILES string of the molecule is CCN(CC)S(=O)(=O)c1ccc(=O)n(Cc2cc(-c3cccs3)on2)c1. The van der Waals surface area contributed by atoms with Gasteiger partial charge in [-0.25, -0.2) is 8.42 Å². The average molecular weight is 393 g/mol. The largest absolute Gasteiger partial charge is 0.355 e. The molecule has 9 heteroatoms. The van der Waals surface area contributed by atoms with Gasteiger partial charge >= 0.3 is 0 Å². The van der Waals surface area contributed by atoms with E-state index in [0.717, 1.165) is 4.88 Å². The van der Waals surface area contributed by atoms with Gasteiger partial charge in [-0.05, 0) is 17.5 Å². The molecule has 0 aliphatic rings. The summed E-state index contributed by atoms with van der Waals surface area (Å²) in [6.07, 6.45) is 1.36. The van der Waals surface area contributed by atoms with E-state index >= 15 is 0 Å². The lowest BCUT2D eigenvalue weighted by atomic mass is 10.3. The summed E-state index contributed by atoms with van der Waals surface area (Å²) >= 11 is 1.53. The van der Waals surface area contributed by atoms with Crippen LogP contribution in [0.1, 0.15) is 19.5 Å². The molecule has 0 aliphatic carbocycles. The van der Waals surface area contributed by atoms with Gasteiger partial charge in [0.1, 0.15) is 5.69 Å². The first-order valence-electron chi connectivity index (χ1n) is 8.15. The number of rotatable bonds is 7. The molecule has 0 bridgehead atoms. The average Bonchev–Trinajstić information content (AvgIpc) is 3.29. The lowest BCUT2D eigenvalue weighted by Crippen LogP contribution is -2.32. The molecule has 0 saturated carbocycles. The van der Waals surface area contributed by atoms with Gasteiger partial charge in [0.2, 0.25) is 10.0 Å². The summed E-state index contributed by atoms with van der Waals surface area (Å²) < 4.78 is 33.3. The van der Waals surface area contributed by atoms with Crippen molar-refractivity contribution in [1.82, 2.24) is 14.0 Å². The third kappa shape index (κ3) is 3.64. The van der Waals surface area contributed by atoms with Crippen LogP contribution in [0.4, 0.5) is 0 Å². The molecule has 0 fully saturated rings. The molecule has 0 spiro atoms. The second kappa shape index (κ2) is 7.56. The molecule has 0 N–H and O–H groups in total. The normalized spacial score (nSPS) is 12.0. The minimum Gasteiger partial charge on any atom is -0.355 e. The highest BCUT2D eigenvalue weighted by molar-refractivity contribution is 7.89. The highest BCUT2D eigenvalue weighted by atomic mass is 32.2. The van der Waals surface area contributed by atoms with E-state index in [1.54, 1.807) is 19.9 Å². The maximum atomic E-state index is 12.6. The fourth-order valence-electron chi connectivity index (χ4n) is 2.59. The molecule has 138 valence electrons. The summed E-state index contributed by atoms with van der Waals surface area (Å²) in [5.41, 5.74) is 0.247. The quantitative estimate of drug-likeness (QED) is 0.616. The van der Waals surface area contributed by atoms with E-state index in [1.807, 2.05) is 17.5 Å². The fraction of sp³-hybridized carbons (Fsp3) is 0.294. The Morgan fingerprint density at radius 1 is 1.23 bits per heavy atom. The first-order chi connectivity index (χ1) is 12.5. The highest BCUT2D eigenvalue weighted by Crippen LogP contribution is 2.25. The molecule has 7 nitrogen and oxygen atoms in total. The van der Waals surface area contributed by atoms with Crippen LogP contribution in [0.3, 0.4) is 0 Å². The Balaban J connectivity index is 1.91. The Kier molecular flexibility index (Phi) is 5.40. The second-order valence-electron chi connectivity index (χ2n) is 5.58. The van der Waals surface area contributed by atoms with Crippen molar-refractivity contribution in [2.24, 2.45) is 0 Å². The van der Waals surface area contributed by atoms with Crippen LogP contribution in [0.25, 0.3) is 10.6 Å². The molecule has 0 radical (unpaired) electrons. The Hall–Kier alpha value is -2.23. The van der Waals surface area contributed by atoms with Crippen molar-refractivity contribution < 1.29 is 12.9 Å². The molecule has 0 aliphatic heterocycles. The number of sulfonamides is 1. The summed E-state index contributed by atoms with van der Waals surface area (Å²) in [5.74, 6) is 0.620. The summed E-state index contributed by atoms with van der Waals surface area (Å²) in [4.78, 5) is 13.2. The maximum Gasteiger partial charge on any atom is 0.250 e. The van der Waals surface area contributed by atoms with Crippen LogP contribution in [-0.4, -0.2) is 35.5 Å². The van der Waals surface area contributed by atoms with E-state index in [4.69, 9.17) is 4.52 Å². The van der Waals surface area contributed by atoms with E-state index in [0.29, 0.717) is 24.5 Å². The summed E-state index contributed by atoms with van der Waals surface area (Å²) in [7, 11) is -3.63. The smallest absolute Gasteiger partial charge is 0.250 e. The van der Waals surface area contributed by atoms with E-state index in [9.17, 15) is 13.2 Å². The van der Waals surface area contributed by atoms with Crippen LogP contribution in [0.2, 0.25) is 0 Å². The van der Waals surface area contributed by atoms with Crippen molar-refractivity contribution in [2.75, 3.05) is 13.1 Å². The van der Waals surface area contributed by atoms with Crippen molar-refractivity contribution >= 4 is 21.4 Å². The molecule has 3 heterocycles. The third-order valence-corrected chi connectivity index (χ3v) is 6.87. The van der Waals surface area contributed by atoms with Gasteiger partial charge in [0, 0.05) is 31.4 Å². The predicted molar refractivity (Wildman–Crippen MR) is 99.7 cm³/mol. The minimum absolute atomic E-state index is 0.0859. The molecule has 26 heavy (non-hydrogen) atoms. The molecule has 3 rings (SSSR count). The molecule has 0 aromatic carbocycles. The van der Waals surface area contributed by atoms with E-state index < -0.39 is 10.0 Å². The number of aromatic nitrogens is 2. The predicted octanol–water partition coefficient (Wildman–Crippen LogP) is 2.64. The molecule has 0 saturated heterocycles. The zero-order chi connectivity index (χ0) is 18.7. The minimum atomic E-state index is -3.63. The Morgan fingerprint density at radius 2 is 2.00 bits per heavy atom. The Morgan fingerprint density at radius 3 is 2.65 bits per heavy atom. The lowest BCUT2D eigenvalue weighted by Gasteiger charge is -2.18. The number of nitrogens with zero attached hydrogens (tertiary/aromatic N) is 3. The van der Waals surface area contributed by atoms with Crippen molar-refractivity contribution in [1.29, 1.82) is 0 Å². The third-order valence-electron chi connectivity index (χ3n) is 3.95. The van der Waals surface area contributed by atoms with E-state index in [-0.39, 0.29) is 17.0 Å².